The summed E-state index contributed by atoms with van der Waals surface area (Å²) in [6.07, 6.45) is 0.610. The van der Waals surface area contributed by atoms with Crippen molar-refractivity contribution in [2.24, 2.45) is 5.92 Å². The lowest BCUT2D eigenvalue weighted by molar-refractivity contribution is -0.142. The molecule has 1 aliphatic heterocycles. The minimum absolute atomic E-state index is 0.0765. The van der Waals surface area contributed by atoms with Gasteiger partial charge < -0.3 is 29.9 Å². The molecule has 1 aliphatic carbocycles. The third kappa shape index (κ3) is 7.10. The number of aliphatic hydroxyl groups excluding tert-OH is 2. The third-order valence-corrected chi connectivity index (χ3v) is 7.70. The van der Waals surface area contributed by atoms with E-state index in [-0.39, 0.29) is 43.8 Å². The van der Waals surface area contributed by atoms with Gasteiger partial charge in [-0.25, -0.2) is 4.39 Å². The van der Waals surface area contributed by atoms with Crippen LogP contribution in [-0.2, 0) is 20.7 Å². The highest BCUT2D eigenvalue weighted by Crippen LogP contribution is 2.31. The summed E-state index contributed by atoms with van der Waals surface area (Å²) in [6.45, 7) is 0.857. The number of para-hydroxylation sites is 1. The summed E-state index contributed by atoms with van der Waals surface area (Å²) in [6, 6.07) is 12.8. The van der Waals surface area contributed by atoms with E-state index in [1.54, 1.807) is 29.2 Å². The summed E-state index contributed by atoms with van der Waals surface area (Å²) < 4.78 is 26.3. The Morgan fingerprint density at radius 2 is 2.03 bits per heavy atom. The van der Waals surface area contributed by atoms with Gasteiger partial charge in [-0.2, -0.15) is 0 Å². The molecule has 3 N–H and O–H groups in total. The van der Waals surface area contributed by atoms with Crippen LogP contribution in [0, 0.1) is 15.3 Å². The van der Waals surface area contributed by atoms with Crippen molar-refractivity contribution in [3.05, 3.63) is 75.1 Å². The van der Waals surface area contributed by atoms with Crippen LogP contribution in [-0.4, -0.2) is 78.1 Å². The standard InChI is InChI=1S/C28H32FIN2O6/c29-21-5-3-4-18(14-21)8-11-32(28(36)19-9-13-37-17-19)23-15-20(27(35)31-10-12-33)16-25(26(23)34)38-24-7-2-1-6-22(24)30/h1-7,14,16,19,23,25-26,33-34H,8-13,15,17H2,(H,31,35). The highest BCUT2D eigenvalue weighted by Gasteiger charge is 2.42. The van der Waals surface area contributed by atoms with E-state index < -0.39 is 24.2 Å². The molecule has 38 heavy (non-hydrogen) atoms. The Morgan fingerprint density at radius 3 is 2.74 bits per heavy atom. The third-order valence-electron chi connectivity index (χ3n) is 6.81. The number of nitrogens with one attached hydrogen (secondary N) is 1. The molecular formula is C28H32FIN2O6. The van der Waals surface area contributed by atoms with Crippen molar-refractivity contribution in [2.75, 3.05) is 32.9 Å². The zero-order chi connectivity index (χ0) is 27.1. The highest BCUT2D eigenvalue weighted by molar-refractivity contribution is 14.1. The Balaban J connectivity index is 1.64. The van der Waals surface area contributed by atoms with Gasteiger partial charge in [0, 0.05) is 31.7 Å². The van der Waals surface area contributed by atoms with Gasteiger partial charge in [0.2, 0.25) is 11.8 Å². The Hall–Kier alpha value is -2.54. The highest BCUT2D eigenvalue weighted by atomic mass is 127. The first-order valence-corrected chi connectivity index (χ1v) is 13.8. The first-order chi connectivity index (χ1) is 18.4. The van der Waals surface area contributed by atoms with Crippen LogP contribution in [0.3, 0.4) is 0 Å². The smallest absolute Gasteiger partial charge is 0.247 e. The summed E-state index contributed by atoms with van der Waals surface area (Å²) >= 11 is 2.13. The monoisotopic (exact) mass is 638 g/mol. The predicted molar refractivity (Wildman–Crippen MR) is 147 cm³/mol. The summed E-state index contributed by atoms with van der Waals surface area (Å²) in [5.74, 6) is -0.742. The lowest BCUT2D eigenvalue weighted by Gasteiger charge is -2.41. The molecule has 4 unspecified atom stereocenters. The Kier molecular flexibility index (Phi) is 10.1. The molecule has 2 amide bonds. The van der Waals surface area contributed by atoms with Gasteiger partial charge in [0.25, 0.3) is 0 Å². The average molecular weight is 638 g/mol. The predicted octanol–water partition coefficient (Wildman–Crippen LogP) is 2.45. The molecule has 4 rings (SSSR count). The van der Waals surface area contributed by atoms with Crippen LogP contribution in [0.25, 0.3) is 0 Å². The number of hydrogen-bond donors (Lipinski definition) is 3. The molecule has 1 heterocycles. The van der Waals surface area contributed by atoms with Gasteiger partial charge in [-0.3, -0.25) is 9.59 Å². The number of nitrogens with zero attached hydrogens (tertiary/aromatic N) is 1. The first-order valence-electron chi connectivity index (χ1n) is 12.7. The van der Waals surface area contributed by atoms with E-state index in [1.807, 2.05) is 18.2 Å². The number of rotatable bonds is 10. The van der Waals surface area contributed by atoms with Gasteiger partial charge in [-0.05, 0) is 71.3 Å². The molecule has 1 saturated heterocycles. The van der Waals surface area contributed by atoms with E-state index in [0.29, 0.717) is 37.4 Å². The Bertz CT molecular complexity index is 1160. The molecule has 4 atom stereocenters. The molecule has 8 nitrogen and oxygen atoms in total. The number of ether oxygens (including phenoxy) is 2. The van der Waals surface area contributed by atoms with Gasteiger partial charge in [0.15, 0.2) is 0 Å². The molecule has 0 aromatic heterocycles. The van der Waals surface area contributed by atoms with Crippen LogP contribution >= 0.6 is 22.6 Å². The number of hydrogen-bond acceptors (Lipinski definition) is 6. The maximum absolute atomic E-state index is 13.8. The molecule has 0 spiro atoms. The van der Waals surface area contributed by atoms with Crippen LogP contribution in [0.2, 0.25) is 0 Å². The zero-order valence-electron chi connectivity index (χ0n) is 20.9. The molecule has 2 aromatic carbocycles. The minimum Gasteiger partial charge on any atom is -0.482 e. The van der Waals surface area contributed by atoms with Crippen LogP contribution in [0.1, 0.15) is 18.4 Å². The van der Waals surface area contributed by atoms with E-state index in [9.17, 15) is 24.2 Å². The maximum Gasteiger partial charge on any atom is 0.247 e. The van der Waals surface area contributed by atoms with E-state index in [0.717, 1.165) is 9.13 Å². The lowest BCUT2D eigenvalue weighted by atomic mass is 9.87. The van der Waals surface area contributed by atoms with E-state index in [1.165, 1.54) is 12.1 Å². The molecule has 0 bridgehead atoms. The van der Waals surface area contributed by atoms with E-state index >= 15 is 0 Å². The van der Waals surface area contributed by atoms with Gasteiger partial charge >= 0.3 is 0 Å². The molecular weight excluding hydrogens is 606 g/mol. The molecule has 1 fully saturated rings. The van der Waals surface area contributed by atoms with Crippen molar-refractivity contribution in [3.8, 4) is 5.75 Å². The fourth-order valence-corrected chi connectivity index (χ4v) is 5.33. The maximum atomic E-state index is 13.8. The van der Waals surface area contributed by atoms with Crippen molar-refractivity contribution in [3.63, 3.8) is 0 Å². The molecule has 0 saturated carbocycles. The summed E-state index contributed by atoms with van der Waals surface area (Å²) in [5, 5.41) is 23.4. The van der Waals surface area contributed by atoms with E-state index in [4.69, 9.17) is 9.47 Å². The Morgan fingerprint density at radius 1 is 1.21 bits per heavy atom. The fraction of sp³-hybridized carbons (Fsp3) is 0.429. The molecule has 2 aromatic rings. The SMILES string of the molecule is O=C(NCCO)C1=CC(Oc2ccccc2I)C(O)C(N(CCc2cccc(F)c2)C(=O)C2CCOC2)C1. The average Bonchev–Trinajstić information content (AvgIpc) is 3.45. The Labute approximate surface area is 235 Å². The minimum atomic E-state index is -1.13. The van der Waals surface area contributed by atoms with Crippen molar-refractivity contribution < 1.29 is 33.7 Å². The summed E-state index contributed by atoms with van der Waals surface area (Å²) in [7, 11) is 0. The zero-order valence-corrected chi connectivity index (χ0v) is 23.1. The van der Waals surface area contributed by atoms with Crippen molar-refractivity contribution in [1.29, 1.82) is 0 Å². The van der Waals surface area contributed by atoms with Gasteiger partial charge in [-0.1, -0.05) is 24.3 Å². The van der Waals surface area contributed by atoms with Gasteiger partial charge in [-0.15, -0.1) is 0 Å². The normalized spacial score (nSPS) is 23.0. The van der Waals surface area contributed by atoms with Crippen LogP contribution in [0.5, 0.6) is 5.75 Å². The van der Waals surface area contributed by atoms with Gasteiger partial charge in [0.1, 0.15) is 23.8 Å². The number of aliphatic hydroxyl groups is 2. The summed E-state index contributed by atoms with van der Waals surface area (Å²) in [4.78, 5) is 28.3. The largest absolute Gasteiger partial charge is 0.482 e. The van der Waals surface area contributed by atoms with Crippen molar-refractivity contribution in [2.45, 2.75) is 37.5 Å². The van der Waals surface area contributed by atoms with Crippen molar-refractivity contribution in [1.82, 2.24) is 10.2 Å². The fourth-order valence-electron chi connectivity index (χ4n) is 4.81. The molecule has 0 radical (unpaired) electrons. The topological polar surface area (TPSA) is 108 Å². The van der Waals surface area contributed by atoms with Crippen LogP contribution < -0.4 is 10.1 Å². The summed E-state index contributed by atoms with van der Waals surface area (Å²) in [5.41, 5.74) is 1.08. The second-order valence-corrected chi connectivity index (χ2v) is 10.6. The van der Waals surface area contributed by atoms with E-state index in [2.05, 4.69) is 27.9 Å². The van der Waals surface area contributed by atoms with Crippen LogP contribution in [0.15, 0.2) is 60.2 Å². The molecule has 204 valence electrons. The lowest BCUT2D eigenvalue weighted by Crippen LogP contribution is -2.56. The second-order valence-electron chi connectivity index (χ2n) is 9.42. The number of benzene rings is 2. The number of carbonyl (C=O) groups is 2. The molecule has 2 aliphatic rings. The first kappa shape index (κ1) is 28.5. The number of amides is 2. The van der Waals surface area contributed by atoms with Crippen LogP contribution in [0.4, 0.5) is 4.39 Å². The van der Waals surface area contributed by atoms with Crippen molar-refractivity contribution >= 4 is 34.4 Å². The molecule has 10 heteroatoms. The number of carbonyl (C=O) groups excluding carboxylic acids is 2. The number of halogens is 2. The second kappa shape index (κ2) is 13.5. The quantitative estimate of drug-likeness (QED) is 0.346. The van der Waals surface area contributed by atoms with Gasteiger partial charge in [0.05, 0.1) is 28.7 Å².